The molecule has 3 nitrogen and oxygen atoms in total. The van der Waals surface area contributed by atoms with Crippen LogP contribution in [0.15, 0.2) is 42.5 Å². The highest BCUT2D eigenvalue weighted by Gasteiger charge is 2.26. The molecule has 0 fully saturated rings. The molecule has 1 unspecified atom stereocenters. The molecule has 0 heterocycles. The third-order valence-corrected chi connectivity index (χ3v) is 3.28. The van der Waals surface area contributed by atoms with Gasteiger partial charge in [0.1, 0.15) is 0 Å². The van der Waals surface area contributed by atoms with Crippen molar-refractivity contribution in [3.05, 3.63) is 48.0 Å². The number of esters is 1. The van der Waals surface area contributed by atoms with Crippen LogP contribution in [0.5, 0.6) is 0 Å². The van der Waals surface area contributed by atoms with E-state index >= 15 is 0 Å². The van der Waals surface area contributed by atoms with E-state index in [1.165, 1.54) is 0 Å². The van der Waals surface area contributed by atoms with Crippen molar-refractivity contribution in [3.63, 3.8) is 0 Å². The fourth-order valence-corrected chi connectivity index (χ4v) is 2.08. The topological polar surface area (TPSA) is 43.4 Å². The van der Waals surface area contributed by atoms with E-state index in [0.29, 0.717) is 6.42 Å². The highest BCUT2D eigenvalue weighted by molar-refractivity contribution is 5.86. The van der Waals surface area contributed by atoms with Gasteiger partial charge in [0, 0.05) is 6.42 Å². The van der Waals surface area contributed by atoms with Gasteiger partial charge in [0.05, 0.1) is 5.41 Å². The van der Waals surface area contributed by atoms with Crippen LogP contribution in [0.3, 0.4) is 0 Å². The van der Waals surface area contributed by atoms with Crippen molar-refractivity contribution >= 4 is 23.0 Å². The SMILES string of the molecule is CC(C)(C)C(=O)OC([C]=O)Cc1cccc2ccccc12. The zero-order valence-electron chi connectivity index (χ0n) is 12.6. The standard InChI is InChI=1S/C18H19O3/c1-18(2,3)17(20)21-15(12-19)11-14-9-6-8-13-7-4-5-10-16(13)14/h4-10,15H,11H2,1-3H3. The summed E-state index contributed by atoms with van der Waals surface area (Å²) in [6.45, 7) is 5.28. The van der Waals surface area contributed by atoms with Crippen LogP contribution in [-0.4, -0.2) is 18.4 Å². The largest absolute Gasteiger partial charge is 0.453 e. The second-order valence-corrected chi connectivity index (χ2v) is 6.10. The zero-order chi connectivity index (χ0) is 15.5. The first-order valence-electron chi connectivity index (χ1n) is 6.97. The summed E-state index contributed by atoms with van der Waals surface area (Å²) >= 11 is 0. The Kier molecular flexibility index (Phi) is 4.41. The monoisotopic (exact) mass is 283 g/mol. The number of fused-ring (bicyclic) bond motifs is 1. The summed E-state index contributed by atoms with van der Waals surface area (Å²) < 4.78 is 5.25. The first-order chi connectivity index (χ1) is 9.91. The molecule has 0 aliphatic heterocycles. The van der Waals surface area contributed by atoms with E-state index in [1.54, 1.807) is 20.8 Å². The molecule has 109 valence electrons. The molecule has 0 amide bonds. The molecule has 2 aromatic carbocycles. The molecule has 1 atom stereocenters. The van der Waals surface area contributed by atoms with Crippen LogP contribution < -0.4 is 0 Å². The molecule has 0 aromatic heterocycles. The average molecular weight is 283 g/mol. The predicted molar refractivity (Wildman–Crippen MR) is 82.7 cm³/mol. The molecule has 0 saturated carbocycles. The van der Waals surface area contributed by atoms with Gasteiger partial charge in [-0.15, -0.1) is 0 Å². The lowest BCUT2D eigenvalue weighted by Gasteiger charge is -2.20. The quantitative estimate of drug-likeness (QED) is 0.807. The fraction of sp³-hybridized carbons (Fsp3) is 0.333. The minimum atomic E-state index is -0.873. The van der Waals surface area contributed by atoms with E-state index in [4.69, 9.17) is 4.74 Å². The first kappa shape index (κ1) is 15.2. The Labute approximate surface area is 124 Å². The number of carbonyl (C=O) groups is 1. The Morgan fingerprint density at radius 1 is 1.14 bits per heavy atom. The van der Waals surface area contributed by atoms with Gasteiger partial charge in [-0.25, -0.2) is 0 Å². The molecular weight excluding hydrogens is 264 g/mol. The van der Waals surface area contributed by atoms with Gasteiger partial charge in [0.2, 0.25) is 6.29 Å². The van der Waals surface area contributed by atoms with Crippen molar-refractivity contribution in [2.45, 2.75) is 33.3 Å². The van der Waals surface area contributed by atoms with Crippen LogP contribution in [0.1, 0.15) is 26.3 Å². The van der Waals surface area contributed by atoms with Crippen LogP contribution in [0.25, 0.3) is 10.8 Å². The molecule has 2 rings (SSSR count). The Bertz CT molecular complexity index is 648. The zero-order valence-corrected chi connectivity index (χ0v) is 12.6. The molecule has 21 heavy (non-hydrogen) atoms. The van der Waals surface area contributed by atoms with Crippen molar-refractivity contribution in [1.82, 2.24) is 0 Å². The van der Waals surface area contributed by atoms with E-state index in [0.717, 1.165) is 16.3 Å². The first-order valence-corrected chi connectivity index (χ1v) is 6.97. The molecule has 3 heteroatoms. The fourth-order valence-electron chi connectivity index (χ4n) is 2.08. The Morgan fingerprint density at radius 2 is 1.81 bits per heavy atom. The summed E-state index contributed by atoms with van der Waals surface area (Å²) in [6.07, 6.45) is 1.29. The number of carbonyl (C=O) groups excluding carboxylic acids is 2. The van der Waals surface area contributed by atoms with Gasteiger partial charge in [-0.2, -0.15) is 0 Å². The maximum atomic E-state index is 11.9. The summed E-state index contributed by atoms with van der Waals surface area (Å²) in [4.78, 5) is 23.0. The van der Waals surface area contributed by atoms with Crippen molar-refractivity contribution in [3.8, 4) is 0 Å². The molecule has 0 spiro atoms. The van der Waals surface area contributed by atoms with Gasteiger partial charge in [0.25, 0.3) is 0 Å². The summed E-state index contributed by atoms with van der Waals surface area (Å²) in [7, 11) is 0. The lowest BCUT2D eigenvalue weighted by Crippen LogP contribution is -2.30. The maximum Gasteiger partial charge on any atom is 0.311 e. The van der Waals surface area contributed by atoms with E-state index in [-0.39, 0.29) is 0 Å². The van der Waals surface area contributed by atoms with Gasteiger partial charge in [-0.05, 0) is 37.1 Å². The molecular formula is C18H19O3. The number of ether oxygens (including phenoxy) is 1. The normalized spacial score (nSPS) is 12.9. The average Bonchev–Trinajstić information content (AvgIpc) is 2.45. The minimum Gasteiger partial charge on any atom is -0.453 e. The highest BCUT2D eigenvalue weighted by Crippen LogP contribution is 2.22. The molecule has 0 N–H and O–H groups in total. The molecule has 0 aliphatic rings. The summed E-state index contributed by atoms with van der Waals surface area (Å²) in [5.41, 5.74) is 0.344. The molecule has 1 radical (unpaired) electrons. The van der Waals surface area contributed by atoms with Gasteiger partial charge in [-0.3, -0.25) is 9.59 Å². The number of benzene rings is 2. The summed E-state index contributed by atoms with van der Waals surface area (Å²) in [5.74, 6) is -0.393. The third-order valence-electron chi connectivity index (χ3n) is 3.28. The lowest BCUT2D eigenvalue weighted by molar-refractivity contribution is -0.155. The van der Waals surface area contributed by atoms with Gasteiger partial charge in [-0.1, -0.05) is 42.5 Å². The minimum absolute atomic E-state index is 0.340. The van der Waals surface area contributed by atoms with Gasteiger partial charge in [0.15, 0.2) is 6.10 Å². The lowest BCUT2D eigenvalue weighted by atomic mass is 9.96. The highest BCUT2D eigenvalue weighted by atomic mass is 16.5. The predicted octanol–water partition coefficient (Wildman–Crippen LogP) is 3.45. The van der Waals surface area contributed by atoms with E-state index < -0.39 is 17.5 Å². The number of hydrogen-bond acceptors (Lipinski definition) is 3. The Morgan fingerprint density at radius 3 is 2.48 bits per heavy atom. The van der Waals surface area contributed by atoms with Crippen molar-refractivity contribution in [2.24, 2.45) is 5.41 Å². The maximum absolute atomic E-state index is 11.9. The van der Waals surface area contributed by atoms with Crippen molar-refractivity contribution in [1.29, 1.82) is 0 Å². The molecule has 0 aliphatic carbocycles. The van der Waals surface area contributed by atoms with Crippen LogP contribution in [-0.2, 0) is 20.7 Å². The Balaban J connectivity index is 2.21. The van der Waals surface area contributed by atoms with Gasteiger partial charge >= 0.3 is 5.97 Å². The van der Waals surface area contributed by atoms with Crippen LogP contribution in [0, 0.1) is 5.41 Å². The van der Waals surface area contributed by atoms with Gasteiger partial charge < -0.3 is 4.74 Å². The Hall–Kier alpha value is -2.16. The van der Waals surface area contributed by atoms with Crippen LogP contribution in [0.4, 0.5) is 0 Å². The molecule has 0 saturated heterocycles. The molecule has 2 aromatic rings. The number of hydrogen-bond donors (Lipinski definition) is 0. The van der Waals surface area contributed by atoms with E-state index in [1.807, 2.05) is 48.8 Å². The van der Waals surface area contributed by atoms with Crippen LogP contribution >= 0.6 is 0 Å². The number of rotatable bonds is 4. The summed E-state index contributed by atoms with van der Waals surface area (Å²) in [6, 6.07) is 13.8. The smallest absolute Gasteiger partial charge is 0.311 e. The summed E-state index contributed by atoms with van der Waals surface area (Å²) in [5, 5.41) is 2.16. The van der Waals surface area contributed by atoms with Crippen molar-refractivity contribution < 1.29 is 14.3 Å². The van der Waals surface area contributed by atoms with E-state index in [2.05, 4.69) is 0 Å². The van der Waals surface area contributed by atoms with E-state index in [9.17, 15) is 9.59 Å². The molecule has 0 bridgehead atoms. The van der Waals surface area contributed by atoms with Crippen LogP contribution in [0.2, 0.25) is 0 Å². The third kappa shape index (κ3) is 3.69. The van der Waals surface area contributed by atoms with Crippen molar-refractivity contribution in [2.75, 3.05) is 0 Å². The second-order valence-electron chi connectivity index (χ2n) is 6.10. The second kappa shape index (κ2) is 6.08.